The van der Waals surface area contributed by atoms with Gasteiger partial charge in [0.1, 0.15) is 5.82 Å². The molecule has 1 aliphatic heterocycles. The van der Waals surface area contributed by atoms with Gasteiger partial charge in [0.25, 0.3) is 0 Å². The third-order valence-corrected chi connectivity index (χ3v) is 3.59. The molecule has 1 aliphatic rings. The Morgan fingerprint density at radius 2 is 2.00 bits per heavy atom. The maximum absolute atomic E-state index is 13.3. The second kappa shape index (κ2) is 4.49. The van der Waals surface area contributed by atoms with Crippen LogP contribution in [-0.4, -0.2) is 24.0 Å². The number of rotatable bonds is 2. The van der Waals surface area contributed by atoms with E-state index in [4.69, 9.17) is 28.9 Å². The molecule has 0 amide bonds. The van der Waals surface area contributed by atoms with Gasteiger partial charge in [-0.1, -0.05) is 23.2 Å². The van der Waals surface area contributed by atoms with Gasteiger partial charge < -0.3 is 5.73 Å². The van der Waals surface area contributed by atoms with Crippen molar-refractivity contribution in [1.82, 2.24) is 4.90 Å². The molecule has 0 aliphatic carbocycles. The van der Waals surface area contributed by atoms with Gasteiger partial charge in [-0.15, -0.1) is 0 Å². The second-order valence-corrected chi connectivity index (χ2v) is 4.99. The van der Waals surface area contributed by atoms with E-state index in [1.165, 1.54) is 12.1 Å². The van der Waals surface area contributed by atoms with E-state index in [-0.39, 0.29) is 17.1 Å². The molecule has 0 aromatic heterocycles. The summed E-state index contributed by atoms with van der Waals surface area (Å²) in [5.41, 5.74) is 6.47. The van der Waals surface area contributed by atoms with E-state index in [9.17, 15) is 4.39 Å². The summed E-state index contributed by atoms with van der Waals surface area (Å²) in [6.45, 7) is 3.63. The maximum atomic E-state index is 13.3. The lowest BCUT2D eigenvalue weighted by atomic mass is 10.0. The highest BCUT2D eigenvalue weighted by molar-refractivity contribution is 6.35. The first-order valence-electron chi connectivity index (χ1n) is 5.13. The summed E-state index contributed by atoms with van der Waals surface area (Å²) in [6, 6.07) is 3.14. The summed E-state index contributed by atoms with van der Waals surface area (Å²) in [5, 5.41) is 0.556. The van der Waals surface area contributed by atoms with Crippen LogP contribution in [0.3, 0.4) is 0 Å². The zero-order valence-corrected chi connectivity index (χ0v) is 10.4. The van der Waals surface area contributed by atoms with Gasteiger partial charge in [-0.05, 0) is 24.6 Å². The Hall–Kier alpha value is -0.350. The minimum absolute atomic E-state index is 0.0567. The van der Waals surface area contributed by atoms with Gasteiger partial charge in [-0.25, -0.2) is 4.39 Å². The van der Waals surface area contributed by atoms with Crippen LogP contribution in [0.15, 0.2) is 12.1 Å². The van der Waals surface area contributed by atoms with E-state index in [1.54, 1.807) is 0 Å². The fourth-order valence-corrected chi connectivity index (χ4v) is 2.46. The number of nitrogens with two attached hydrogens (primary N) is 1. The number of nitrogens with zero attached hydrogens (tertiary/aromatic N) is 1. The van der Waals surface area contributed by atoms with Crippen molar-refractivity contribution in [3.63, 3.8) is 0 Å². The fourth-order valence-electron chi connectivity index (χ4n) is 1.92. The van der Waals surface area contributed by atoms with Crippen LogP contribution in [0.4, 0.5) is 4.39 Å². The first kappa shape index (κ1) is 12.1. The molecule has 0 bridgehead atoms. The molecule has 5 heteroatoms. The Labute approximate surface area is 104 Å². The Kier molecular flexibility index (Phi) is 3.40. The Balaban J connectivity index is 2.23. The van der Waals surface area contributed by atoms with Crippen LogP contribution in [0.5, 0.6) is 0 Å². The summed E-state index contributed by atoms with van der Waals surface area (Å²) < 4.78 is 13.3. The lowest BCUT2D eigenvalue weighted by molar-refractivity contribution is 0.103. The quantitative estimate of drug-likeness (QED) is 0.831. The molecule has 1 saturated heterocycles. The van der Waals surface area contributed by atoms with Crippen molar-refractivity contribution in [1.29, 1.82) is 0 Å². The van der Waals surface area contributed by atoms with Gasteiger partial charge in [-0.2, -0.15) is 0 Å². The molecule has 1 aromatic carbocycles. The van der Waals surface area contributed by atoms with Crippen LogP contribution in [0.1, 0.15) is 18.5 Å². The number of halogens is 3. The molecule has 1 fully saturated rings. The number of benzene rings is 1. The number of hydrogen-bond donors (Lipinski definition) is 1. The van der Waals surface area contributed by atoms with Crippen LogP contribution in [-0.2, 0) is 0 Å². The van der Waals surface area contributed by atoms with Crippen molar-refractivity contribution in [2.24, 2.45) is 5.73 Å². The predicted molar refractivity (Wildman–Crippen MR) is 64.4 cm³/mol. The van der Waals surface area contributed by atoms with E-state index in [0.717, 1.165) is 18.7 Å². The van der Waals surface area contributed by atoms with Crippen LogP contribution in [0, 0.1) is 5.82 Å². The number of likely N-dealkylation sites (tertiary alicyclic amines) is 1. The fraction of sp³-hybridized carbons (Fsp3) is 0.455. The second-order valence-electron chi connectivity index (χ2n) is 4.18. The summed E-state index contributed by atoms with van der Waals surface area (Å²) >= 11 is 11.7. The van der Waals surface area contributed by atoms with Gasteiger partial charge in [0.05, 0.1) is 5.02 Å². The van der Waals surface area contributed by atoms with Crippen molar-refractivity contribution in [2.75, 3.05) is 13.1 Å². The molecule has 2 N–H and O–H groups in total. The largest absolute Gasteiger partial charge is 0.325 e. The van der Waals surface area contributed by atoms with Gasteiger partial charge in [0, 0.05) is 30.2 Å². The SMILES string of the molecule is CC(c1cc(F)c(Cl)cc1Cl)N1CC(N)C1. The maximum Gasteiger partial charge on any atom is 0.142 e. The molecule has 88 valence electrons. The van der Waals surface area contributed by atoms with Crippen molar-refractivity contribution in [3.8, 4) is 0 Å². The molecule has 1 unspecified atom stereocenters. The normalized spacial score (nSPS) is 19.6. The van der Waals surface area contributed by atoms with Crippen molar-refractivity contribution in [2.45, 2.75) is 19.0 Å². The molecule has 2 nitrogen and oxygen atoms in total. The minimum Gasteiger partial charge on any atom is -0.325 e. The van der Waals surface area contributed by atoms with Crippen LogP contribution >= 0.6 is 23.2 Å². The highest BCUT2D eigenvalue weighted by Crippen LogP contribution is 2.33. The standard InChI is InChI=1S/C11H13Cl2FN2/c1-6(16-4-7(15)5-16)8-2-11(14)10(13)3-9(8)12/h2-3,6-7H,4-5,15H2,1H3. The smallest absolute Gasteiger partial charge is 0.142 e. The summed E-state index contributed by atoms with van der Waals surface area (Å²) in [5.74, 6) is -0.433. The van der Waals surface area contributed by atoms with Crippen LogP contribution in [0.2, 0.25) is 10.0 Å². The molecule has 0 saturated carbocycles. The Bertz CT molecular complexity index is 405. The van der Waals surface area contributed by atoms with E-state index >= 15 is 0 Å². The van der Waals surface area contributed by atoms with Crippen molar-refractivity contribution < 1.29 is 4.39 Å². The molecule has 2 rings (SSSR count). The first-order valence-corrected chi connectivity index (χ1v) is 5.88. The Morgan fingerprint density at radius 1 is 1.38 bits per heavy atom. The van der Waals surface area contributed by atoms with E-state index in [2.05, 4.69) is 4.90 Å². The molecular weight excluding hydrogens is 250 g/mol. The zero-order chi connectivity index (χ0) is 11.9. The third kappa shape index (κ3) is 2.18. The lowest BCUT2D eigenvalue weighted by Crippen LogP contribution is -2.56. The molecule has 1 heterocycles. The Morgan fingerprint density at radius 3 is 2.56 bits per heavy atom. The molecular formula is C11H13Cl2FN2. The van der Waals surface area contributed by atoms with Gasteiger partial charge in [0.15, 0.2) is 0 Å². The van der Waals surface area contributed by atoms with E-state index in [0.29, 0.717) is 5.02 Å². The van der Waals surface area contributed by atoms with Gasteiger partial charge in [0.2, 0.25) is 0 Å². The zero-order valence-electron chi connectivity index (χ0n) is 8.88. The average Bonchev–Trinajstić information content (AvgIpc) is 2.18. The molecule has 1 aromatic rings. The highest BCUT2D eigenvalue weighted by atomic mass is 35.5. The van der Waals surface area contributed by atoms with E-state index in [1.807, 2.05) is 6.92 Å². The monoisotopic (exact) mass is 262 g/mol. The molecule has 0 spiro atoms. The van der Waals surface area contributed by atoms with Gasteiger partial charge in [-0.3, -0.25) is 4.90 Å². The first-order chi connectivity index (χ1) is 7.49. The highest BCUT2D eigenvalue weighted by Gasteiger charge is 2.29. The van der Waals surface area contributed by atoms with Crippen molar-refractivity contribution in [3.05, 3.63) is 33.6 Å². The van der Waals surface area contributed by atoms with Crippen LogP contribution < -0.4 is 5.73 Å². The number of hydrogen-bond acceptors (Lipinski definition) is 2. The lowest BCUT2D eigenvalue weighted by Gasteiger charge is -2.41. The predicted octanol–water partition coefficient (Wildman–Crippen LogP) is 2.84. The van der Waals surface area contributed by atoms with E-state index < -0.39 is 5.82 Å². The van der Waals surface area contributed by atoms with Crippen LogP contribution in [0.25, 0.3) is 0 Å². The molecule has 16 heavy (non-hydrogen) atoms. The minimum atomic E-state index is -0.433. The van der Waals surface area contributed by atoms with Gasteiger partial charge >= 0.3 is 0 Å². The average molecular weight is 263 g/mol. The van der Waals surface area contributed by atoms with Crippen molar-refractivity contribution >= 4 is 23.2 Å². The third-order valence-electron chi connectivity index (χ3n) is 2.98. The summed E-state index contributed by atoms with van der Waals surface area (Å²) in [4.78, 5) is 2.15. The summed E-state index contributed by atoms with van der Waals surface area (Å²) in [6.07, 6.45) is 0. The topological polar surface area (TPSA) is 29.3 Å². The summed E-state index contributed by atoms with van der Waals surface area (Å²) in [7, 11) is 0. The molecule has 0 radical (unpaired) electrons. The molecule has 1 atom stereocenters.